The summed E-state index contributed by atoms with van der Waals surface area (Å²) in [6.07, 6.45) is 0.247. The van der Waals surface area contributed by atoms with Crippen LogP contribution in [0.5, 0.6) is 0 Å². The van der Waals surface area contributed by atoms with E-state index in [2.05, 4.69) is 29.1 Å². The van der Waals surface area contributed by atoms with E-state index in [-0.39, 0.29) is 23.3 Å². The predicted octanol–water partition coefficient (Wildman–Crippen LogP) is 4.38. The van der Waals surface area contributed by atoms with Gasteiger partial charge in [0.25, 0.3) is 0 Å². The molecule has 32 heavy (non-hydrogen) atoms. The van der Waals surface area contributed by atoms with Gasteiger partial charge in [-0.25, -0.2) is 8.42 Å². The van der Waals surface area contributed by atoms with E-state index in [1.807, 2.05) is 51.1 Å². The molecule has 2 atom stereocenters. The van der Waals surface area contributed by atoms with Crippen molar-refractivity contribution < 1.29 is 13.2 Å². The molecular formula is C26H30N2O3S. The summed E-state index contributed by atoms with van der Waals surface area (Å²) < 4.78 is 28.5. The van der Waals surface area contributed by atoms with Crippen LogP contribution >= 0.6 is 0 Å². The number of amides is 1. The fourth-order valence-corrected chi connectivity index (χ4v) is 4.95. The first-order valence-electron chi connectivity index (χ1n) is 10.7. The highest BCUT2D eigenvalue weighted by Gasteiger charge is 2.27. The van der Waals surface area contributed by atoms with Crippen LogP contribution in [0.15, 0.2) is 77.7 Å². The number of aryl methyl sites for hydroxylation is 3. The van der Waals surface area contributed by atoms with E-state index in [9.17, 15) is 13.2 Å². The van der Waals surface area contributed by atoms with Crippen molar-refractivity contribution >= 4 is 15.9 Å². The number of hydrogen-bond donors (Lipinski definition) is 2. The molecule has 3 rings (SSSR count). The highest BCUT2D eigenvalue weighted by Crippen LogP contribution is 2.22. The average Bonchev–Trinajstić information content (AvgIpc) is 2.77. The molecule has 0 bridgehead atoms. The topological polar surface area (TPSA) is 75.3 Å². The number of carbonyl (C=O) groups excluding carboxylic acids is 1. The molecule has 0 saturated carbocycles. The number of carbonyl (C=O) groups is 1. The minimum atomic E-state index is -3.86. The molecule has 0 aromatic heterocycles. The van der Waals surface area contributed by atoms with Crippen LogP contribution in [0, 0.1) is 20.8 Å². The van der Waals surface area contributed by atoms with Gasteiger partial charge in [0.1, 0.15) is 6.04 Å². The van der Waals surface area contributed by atoms with Crippen molar-refractivity contribution in [3.05, 3.63) is 101 Å². The van der Waals surface area contributed by atoms with Gasteiger partial charge in [0.15, 0.2) is 0 Å². The average molecular weight is 451 g/mol. The molecule has 2 N–H and O–H groups in total. The Bertz CT molecular complexity index is 1180. The number of nitrogens with one attached hydrogen (secondary N) is 2. The van der Waals surface area contributed by atoms with Crippen LogP contribution in [-0.2, 0) is 21.2 Å². The third kappa shape index (κ3) is 5.84. The van der Waals surface area contributed by atoms with Crippen molar-refractivity contribution in [2.75, 3.05) is 0 Å². The van der Waals surface area contributed by atoms with Gasteiger partial charge in [0.2, 0.25) is 15.9 Å². The Morgan fingerprint density at radius 2 is 1.41 bits per heavy atom. The minimum Gasteiger partial charge on any atom is -0.348 e. The van der Waals surface area contributed by atoms with Gasteiger partial charge in [-0.2, -0.15) is 4.72 Å². The molecule has 0 aliphatic rings. The van der Waals surface area contributed by atoms with Crippen LogP contribution in [-0.4, -0.2) is 20.4 Å². The first-order valence-corrected chi connectivity index (χ1v) is 12.1. The van der Waals surface area contributed by atoms with E-state index in [4.69, 9.17) is 0 Å². The highest BCUT2D eigenvalue weighted by atomic mass is 32.2. The Morgan fingerprint density at radius 3 is 2.03 bits per heavy atom. The van der Waals surface area contributed by atoms with Crippen LogP contribution in [0.25, 0.3) is 0 Å². The minimum absolute atomic E-state index is 0.129. The second-order valence-corrected chi connectivity index (χ2v) is 9.91. The third-order valence-corrected chi connectivity index (χ3v) is 7.15. The molecule has 5 nitrogen and oxygen atoms in total. The lowest BCUT2D eigenvalue weighted by atomic mass is 9.96. The summed E-state index contributed by atoms with van der Waals surface area (Å²) in [6.45, 7) is 8.03. The van der Waals surface area contributed by atoms with E-state index in [0.717, 1.165) is 22.3 Å². The van der Waals surface area contributed by atoms with Crippen LogP contribution < -0.4 is 10.0 Å². The second kappa shape index (κ2) is 10.1. The SMILES string of the molecule is Cc1cc(C)c([C@@H](C)NC(=O)[C@@H](Cc2ccccc2)NS(=O)(=O)c2ccccc2)cc1C. The van der Waals surface area contributed by atoms with Gasteiger partial charge in [-0.3, -0.25) is 4.79 Å². The summed E-state index contributed by atoms with van der Waals surface area (Å²) in [5, 5.41) is 3.01. The second-order valence-electron chi connectivity index (χ2n) is 8.20. The van der Waals surface area contributed by atoms with Crippen molar-refractivity contribution in [2.45, 2.75) is 51.1 Å². The van der Waals surface area contributed by atoms with Crippen LogP contribution in [0.3, 0.4) is 0 Å². The molecule has 0 spiro atoms. The third-order valence-electron chi connectivity index (χ3n) is 5.66. The zero-order valence-electron chi connectivity index (χ0n) is 18.9. The lowest BCUT2D eigenvalue weighted by Gasteiger charge is -2.23. The van der Waals surface area contributed by atoms with E-state index in [1.54, 1.807) is 18.2 Å². The number of hydrogen-bond acceptors (Lipinski definition) is 3. The standard InChI is InChI=1S/C26H30N2O3S/c1-18-15-20(3)24(16-19(18)2)21(4)27-26(29)25(17-22-11-7-5-8-12-22)28-32(30,31)23-13-9-6-10-14-23/h5-16,21,25,28H,17H2,1-4H3,(H,27,29)/t21-,25-/m1/s1. The van der Waals surface area contributed by atoms with Gasteiger partial charge in [0, 0.05) is 0 Å². The van der Waals surface area contributed by atoms with E-state index in [1.165, 1.54) is 17.7 Å². The van der Waals surface area contributed by atoms with Crippen LogP contribution in [0.2, 0.25) is 0 Å². The molecule has 0 unspecified atom stereocenters. The van der Waals surface area contributed by atoms with E-state index in [0.29, 0.717) is 0 Å². The van der Waals surface area contributed by atoms with Gasteiger partial charge < -0.3 is 5.32 Å². The number of benzene rings is 3. The van der Waals surface area contributed by atoms with Gasteiger partial charge in [0.05, 0.1) is 10.9 Å². The summed E-state index contributed by atoms with van der Waals surface area (Å²) in [4.78, 5) is 13.4. The molecule has 6 heteroatoms. The molecule has 0 saturated heterocycles. The maximum Gasteiger partial charge on any atom is 0.241 e. The van der Waals surface area contributed by atoms with Crippen molar-refractivity contribution in [1.82, 2.24) is 10.0 Å². The highest BCUT2D eigenvalue weighted by molar-refractivity contribution is 7.89. The van der Waals surface area contributed by atoms with E-state index < -0.39 is 16.1 Å². The summed E-state index contributed by atoms with van der Waals surface area (Å²) in [7, 11) is -3.86. The Kier molecular flexibility index (Phi) is 7.48. The normalized spacial score (nSPS) is 13.4. The smallest absolute Gasteiger partial charge is 0.241 e. The Balaban J connectivity index is 1.85. The monoisotopic (exact) mass is 450 g/mol. The van der Waals surface area contributed by atoms with Crippen molar-refractivity contribution in [3.63, 3.8) is 0 Å². The Hall–Kier alpha value is -2.96. The van der Waals surface area contributed by atoms with E-state index >= 15 is 0 Å². The number of sulfonamides is 1. The van der Waals surface area contributed by atoms with Gasteiger partial charge in [-0.1, -0.05) is 60.7 Å². The molecule has 168 valence electrons. The molecule has 0 aliphatic heterocycles. The fraction of sp³-hybridized carbons (Fsp3) is 0.269. The Labute approximate surface area is 190 Å². The summed E-state index contributed by atoms with van der Waals surface area (Å²) in [5.74, 6) is -0.363. The molecule has 3 aromatic rings. The number of rotatable bonds is 8. The van der Waals surface area contributed by atoms with Gasteiger partial charge >= 0.3 is 0 Å². The van der Waals surface area contributed by atoms with Crippen molar-refractivity contribution in [3.8, 4) is 0 Å². The molecule has 1 amide bonds. The Morgan fingerprint density at radius 1 is 0.844 bits per heavy atom. The summed E-state index contributed by atoms with van der Waals surface area (Å²) >= 11 is 0. The van der Waals surface area contributed by atoms with Crippen molar-refractivity contribution in [1.29, 1.82) is 0 Å². The van der Waals surface area contributed by atoms with Crippen molar-refractivity contribution in [2.24, 2.45) is 0 Å². The molecule has 0 radical (unpaired) electrons. The maximum absolute atomic E-state index is 13.3. The zero-order chi connectivity index (χ0) is 23.3. The first kappa shape index (κ1) is 23.7. The predicted molar refractivity (Wildman–Crippen MR) is 128 cm³/mol. The van der Waals surface area contributed by atoms with Gasteiger partial charge in [-0.15, -0.1) is 0 Å². The van der Waals surface area contributed by atoms with Crippen LogP contribution in [0.4, 0.5) is 0 Å². The molecule has 0 fully saturated rings. The first-order chi connectivity index (χ1) is 15.2. The lowest BCUT2D eigenvalue weighted by molar-refractivity contribution is -0.123. The molecule has 3 aromatic carbocycles. The zero-order valence-corrected chi connectivity index (χ0v) is 19.7. The fourth-order valence-electron chi connectivity index (χ4n) is 3.73. The summed E-state index contributed by atoms with van der Waals surface area (Å²) in [6, 6.07) is 20.5. The largest absolute Gasteiger partial charge is 0.348 e. The molecule has 0 aliphatic carbocycles. The molecular weight excluding hydrogens is 420 g/mol. The summed E-state index contributed by atoms with van der Waals surface area (Å²) in [5.41, 5.74) is 5.33. The quantitative estimate of drug-likeness (QED) is 0.535. The van der Waals surface area contributed by atoms with Crippen LogP contribution in [0.1, 0.15) is 40.8 Å². The van der Waals surface area contributed by atoms with Gasteiger partial charge in [-0.05, 0) is 74.1 Å². The maximum atomic E-state index is 13.3. The lowest BCUT2D eigenvalue weighted by Crippen LogP contribution is -2.48. The molecule has 0 heterocycles.